The van der Waals surface area contributed by atoms with Crippen LogP contribution >= 0.6 is 0 Å². The van der Waals surface area contributed by atoms with E-state index < -0.39 is 67.3 Å². The fraction of sp³-hybridized carbons (Fsp3) is 0.538. The van der Waals surface area contributed by atoms with Crippen LogP contribution in [-0.2, 0) is 42.9 Å². The summed E-state index contributed by atoms with van der Waals surface area (Å²) in [6, 6.07) is 0. The van der Waals surface area contributed by atoms with Gasteiger partial charge < -0.3 is 39.0 Å². The Morgan fingerprint density at radius 3 is 1.30 bits per heavy atom. The number of hydrogen-bond acceptors (Lipinski definition) is 11. The van der Waals surface area contributed by atoms with Crippen molar-refractivity contribution in [3.8, 4) is 0 Å². The van der Waals surface area contributed by atoms with Gasteiger partial charge in [-0.3, -0.25) is 14.4 Å². The van der Waals surface area contributed by atoms with E-state index in [4.69, 9.17) is 23.7 Å². The molecule has 1 fully saturated rings. The van der Waals surface area contributed by atoms with Gasteiger partial charge in [0.15, 0.2) is 24.6 Å². The van der Waals surface area contributed by atoms with Gasteiger partial charge >= 0.3 is 23.9 Å². The molecule has 428 valence electrons. The molecular weight excluding hydrogens is 973 g/mol. The lowest BCUT2D eigenvalue weighted by molar-refractivity contribution is -0.301. The number of carbonyl (C=O) groups is 4. The molecule has 1 saturated heterocycles. The highest BCUT2D eigenvalue weighted by molar-refractivity contribution is 5.74. The van der Waals surface area contributed by atoms with Crippen LogP contribution in [0.4, 0.5) is 0 Å². The van der Waals surface area contributed by atoms with E-state index in [1.807, 2.05) is 36.5 Å². The predicted molar refractivity (Wildman–Crippen MR) is 312 cm³/mol. The maximum atomic E-state index is 13.1. The first-order valence-electron chi connectivity index (χ1n) is 28.5. The van der Waals surface area contributed by atoms with E-state index in [2.05, 4.69) is 136 Å². The lowest BCUT2D eigenvalue weighted by Gasteiger charge is -2.40. The minimum absolute atomic E-state index is 0.0820. The summed E-state index contributed by atoms with van der Waals surface area (Å²) in [5, 5.41) is 31.4. The molecule has 6 unspecified atom stereocenters. The van der Waals surface area contributed by atoms with Crippen molar-refractivity contribution in [3.63, 3.8) is 0 Å². The Morgan fingerprint density at radius 2 is 0.844 bits per heavy atom. The average molecular weight is 1070 g/mol. The van der Waals surface area contributed by atoms with Gasteiger partial charge in [0.2, 0.25) is 0 Å². The summed E-state index contributed by atoms with van der Waals surface area (Å²) < 4.78 is 28.1. The predicted octanol–water partition coefficient (Wildman–Crippen LogP) is 14.6. The number of aliphatic carboxylic acids is 1. The molecule has 0 radical (unpaired) electrons. The van der Waals surface area contributed by atoms with Gasteiger partial charge in [-0.1, -0.05) is 204 Å². The van der Waals surface area contributed by atoms with Crippen molar-refractivity contribution in [1.29, 1.82) is 0 Å². The van der Waals surface area contributed by atoms with Gasteiger partial charge in [-0.05, 0) is 109 Å². The molecule has 3 N–H and O–H groups in total. The van der Waals surface area contributed by atoms with Crippen molar-refractivity contribution in [2.24, 2.45) is 0 Å². The molecular formula is C65H96O12. The summed E-state index contributed by atoms with van der Waals surface area (Å²) in [4.78, 5) is 51.0. The maximum Gasteiger partial charge on any atom is 0.335 e. The molecule has 0 aromatic heterocycles. The van der Waals surface area contributed by atoms with Crippen LogP contribution in [0.15, 0.2) is 158 Å². The Kier molecular flexibility index (Phi) is 46.0. The highest BCUT2D eigenvalue weighted by atomic mass is 16.7. The lowest BCUT2D eigenvalue weighted by atomic mass is 9.98. The second-order valence-electron chi connectivity index (χ2n) is 18.4. The molecule has 12 heteroatoms. The maximum absolute atomic E-state index is 13.1. The smallest absolute Gasteiger partial charge is 0.335 e. The summed E-state index contributed by atoms with van der Waals surface area (Å²) in [7, 11) is 0. The van der Waals surface area contributed by atoms with E-state index >= 15 is 0 Å². The van der Waals surface area contributed by atoms with Gasteiger partial charge in [-0.2, -0.15) is 0 Å². The number of carbonyl (C=O) groups excluding carboxylic acids is 3. The fourth-order valence-corrected chi connectivity index (χ4v) is 7.39. The van der Waals surface area contributed by atoms with Crippen LogP contribution in [0.25, 0.3) is 0 Å². The Labute approximate surface area is 463 Å². The molecule has 0 aromatic rings. The van der Waals surface area contributed by atoms with Gasteiger partial charge in [0, 0.05) is 12.8 Å². The van der Waals surface area contributed by atoms with E-state index in [9.17, 15) is 34.5 Å². The molecule has 6 atom stereocenters. The molecule has 1 heterocycles. The molecule has 0 aromatic carbocycles. The van der Waals surface area contributed by atoms with E-state index in [0.29, 0.717) is 25.7 Å². The van der Waals surface area contributed by atoms with Crippen molar-refractivity contribution in [2.45, 2.75) is 212 Å². The fourth-order valence-electron chi connectivity index (χ4n) is 7.39. The van der Waals surface area contributed by atoms with Gasteiger partial charge in [0.05, 0.1) is 13.0 Å². The number of ether oxygens (including phenoxy) is 5. The van der Waals surface area contributed by atoms with Crippen LogP contribution in [0.5, 0.6) is 0 Å². The zero-order chi connectivity index (χ0) is 56.1. The summed E-state index contributed by atoms with van der Waals surface area (Å²) >= 11 is 0. The number of allylic oxidation sites excluding steroid dienone is 25. The van der Waals surface area contributed by atoms with Crippen LogP contribution in [0.1, 0.15) is 175 Å². The molecule has 0 saturated carbocycles. The third-order valence-electron chi connectivity index (χ3n) is 11.6. The number of hydrogen-bond donors (Lipinski definition) is 3. The first-order chi connectivity index (χ1) is 37.6. The highest BCUT2D eigenvalue weighted by Gasteiger charge is 2.50. The molecule has 1 aliphatic heterocycles. The van der Waals surface area contributed by atoms with Crippen molar-refractivity contribution in [3.05, 3.63) is 158 Å². The summed E-state index contributed by atoms with van der Waals surface area (Å²) in [5.41, 5.74) is 0. The molecule has 0 spiro atoms. The molecule has 0 bridgehead atoms. The van der Waals surface area contributed by atoms with E-state index in [-0.39, 0.29) is 25.9 Å². The first kappa shape index (κ1) is 69.4. The van der Waals surface area contributed by atoms with Gasteiger partial charge in [-0.25, -0.2) is 4.79 Å². The van der Waals surface area contributed by atoms with Crippen LogP contribution in [0, 0.1) is 0 Å². The van der Waals surface area contributed by atoms with Crippen LogP contribution in [0.3, 0.4) is 0 Å². The van der Waals surface area contributed by atoms with Crippen LogP contribution in [0.2, 0.25) is 0 Å². The second kappa shape index (κ2) is 51.1. The van der Waals surface area contributed by atoms with Crippen molar-refractivity contribution >= 4 is 23.9 Å². The Balaban J connectivity index is 2.80. The van der Waals surface area contributed by atoms with E-state index in [1.54, 1.807) is 6.08 Å². The number of rotatable bonds is 45. The van der Waals surface area contributed by atoms with E-state index in [1.165, 1.54) is 0 Å². The van der Waals surface area contributed by atoms with Crippen molar-refractivity contribution in [1.82, 2.24) is 0 Å². The first-order valence-corrected chi connectivity index (χ1v) is 28.5. The quantitative estimate of drug-likeness (QED) is 0.0228. The molecule has 77 heavy (non-hydrogen) atoms. The summed E-state index contributed by atoms with van der Waals surface area (Å²) in [6.45, 7) is 5.48. The Morgan fingerprint density at radius 1 is 0.442 bits per heavy atom. The summed E-state index contributed by atoms with van der Waals surface area (Å²) in [6.07, 6.45) is 62.6. The van der Waals surface area contributed by atoms with Crippen molar-refractivity contribution in [2.75, 3.05) is 13.2 Å². The average Bonchev–Trinajstić information content (AvgIpc) is 3.41. The normalized spacial score (nSPS) is 19.2. The van der Waals surface area contributed by atoms with Gasteiger partial charge in [-0.15, -0.1) is 0 Å². The number of unbranched alkanes of at least 4 members (excludes halogenated alkanes) is 6. The second-order valence-corrected chi connectivity index (χ2v) is 18.4. The van der Waals surface area contributed by atoms with Crippen LogP contribution in [-0.4, -0.2) is 89.2 Å². The monoisotopic (exact) mass is 1070 g/mol. The molecule has 1 rings (SSSR count). The molecule has 0 aliphatic carbocycles. The minimum atomic E-state index is -1.95. The van der Waals surface area contributed by atoms with Gasteiger partial charge in [0.1, 0.15) is 18.8 Å². The zero-order valence-electron chi connectivity index (χ0n) is 46.9. The molecule has 1 aliphatic rings. The number of esters is 3. The topological polar surface area (TPSA) is 175 Å². The van der Waals surface area contributed by atoms with Gasteiger partial charge in [0.25, 0.3) is 0 Å². The Hall–Kier alpha value is -5.66. The van der Waals surface area contributed by atoms with Crippen molar-refractivity contribution < 1.29 is 58.2 Å². The zero-order valence-corrected chi connectivity index (χ0v) is 46.9. The third kappa shape index (κ3) is 41.2. The molecule has 12 nitrogen and oxygen atoms in total. The summed E-state index contributed by atoms with van der Waals surface area (Å²) in [5.74, 6) is -3.45. The third-order valence-corrected chi connectivity index (χ3v) is 11.6. The standard InChI is InChI=1S/C65H96O12/c1-4-7-10-13-16-19-22-25-27-28-29-30-32-34-36-39-42-45-48-51-57(66)73-54-56(75-58(67)52-49-46-43-40-38-35-31-26-23-20-17-14-11-8-5-2)55-74-65-63(61(70)60(69)62(77-65)64(71)72)76-59(68)53-50-47-44-41-37-33-24-21-18-15-12-9-6-3/h7-12,16-21,25-27,29-31,33,37-38,40,44,46-47,49,56,60-63,65,69-70H,4-6,13-15,22-24,28,32,34-36,39,41-43,45,48,50-55H2,1-3H3,(H,71,72)/b10-7-,11-8-,12-9-,19-16-,20-17-,21-18-,27-25-,30-29-,31-26-,37-33-,40-38-,47-44-,49-46-. The number of aliphatic hydroxyl groups is 2. The SMILES string of the molecule is CC/C=C\C/C=C\C/C=C\C/C=C\C/C=C\CC(=O)OC(COC(=O)CCCCCCCC/C=C\C/C=C\C/C=C\C/C=C\CC)COC1OC(C(=O)O)C(O)C(O)C1OC(=O)CC/C=C\C/C=C\C/C=C\C/C=C\CC. The molecule has 0 amide bonds. The number of aliphatic hydroxyl groups excluding tert-OH is 2. The van der Waals surface area contributed by atoms with Crippen LogP contribution < -0.4 is 0 Å². The van der Waals surface area contributed by atoms with E-state index in [0.717, 1.165) is 109 Å². The Bertz CT molecular complexity index is 1940. The number of carboxylic acids is 1. The minimum Gasteiger partial charge on any atom is -0.479 e. The lowest BCUT2D eigenvalue weighted by Crippen LogP contribution is -2.61. The largest absolute Gasteiger partial charge is 0.479 e. The number of carboxylic acid groups (broad SMARTS) is 1. The highest BCUT2D eigenvalue weighted by Crippen LogP contribution is 2.26.